The SMILES string of the molecule is Cc1cnc(-c2c[nH]c3ncc(Cl)cc23)nc1NC(C)(C)C(=O)NCCF.[HH].[HH]. The van der Waals surface area contributed by atoms with E-state index in [-0.39, 0.29) is 15.3 Å². The van der Waals surface area contributed by atoms with Gasteiger partial charge in [0.2, 0.25) is 5.91 Å². The third-order valence-corrected chi connectivity index (χ3v) is 4.30. The second-order valence-corrected chi connectivity index (χ2v) is 7.11. The molecule has 0 atom stereocenters. The van der Waals surface area contributed by atoms with Crippen molar-refractivity contribution in [2.75, 3.05) is 18.5 Å². The Bertz CT molecular complexity index is 998. The number of fused-ring (bicyclic) bond motifs is 1. The van der Waals surface area contributed by atoms with E-state index in [1.165, 1.54) is 0 Å². The van der Waals surface area contributed by atoms with Crippen molar-refractivity contribution in [3.8, 4) is 11.4 Å². The van der Waals surface area contributed by atoms with E-state index in [1.807, 2.05) is 6.92 Å². The third-order valence-electron chi connectivity index (χ3n) is 4.09. The largest absolute Gasteiger partial charge is 0.356 e. The van der Waals surface area contributed by atoms with Gasteiger partial charge in [-0.25, -0.2) is 19.3 Å². The lowest BCUT2D eigenvalue weighted by atomic mass is 10.0. The number of anilines is 1. The average molecular weight is 395 g/mol. The molecule has 0 saturated carbocycles. The fourth-order valence-corrected chi connectivity index (χ4v) is 2.75. The first-order chi connectivity index (χ1) is 12.8. The highest BCUT2D eigenvalue weighted by molar-refractivity contribution is 6.31. The third kappa shape index (κ3) is 4.00. The monoisotopic (exact) mass is 394 g/mol. The summed E-state index contributed by atoms with van der Waals surface area (Å²) >= 11 is 6.05. The molecule has 0 saturated heterocycles. The molecule has 146 valence electrons. The molecule has 0 aliphatic heterocycles. The van der Waals surface area contributed by atoms with Crippen LogP contribution in [0.15, 0.2) is 24.7 Å². The number of aromatic amines is 1. The zero-order valence-electron chi connectivity index (χ0n) is 15.2. The summed E-state index contributed by atoms with van der Waals surface area (Å²) in [4.78, 5) is 28.5. The highest BCUT2D eigenvalue weighted by Crippen LogP contribution is 2.28. The van der Waals surface area contributed by atoms with Gasteiger partial charge in [-0.3, -0.25) is 4.79 Å². The molecule has 0 aromatic carbocycles. The van der Waals surface area contributed by atoms with Crippen LogP contribution in [0.5, 0.6) is 0 Å². The van der Waals surface area contributed by atoms with Gasteiger partial charge < -0.3 is 15.6 Å². The Labute approximate surface area is 163 Å². The summed E-state index contributed by atoms with van der Waals surface area (Å²) in [5, 5.41) is 6.97. The molecule has 3 aromatic heterocycles. The first-order valence-electron chi connectivity index (χ1n) is 8.41. The number of amides is 1. The maximum atomic E-state index is 12.3. The molecule has 0 spiro atoms. The number of alkyl halides is 1. The van der Waals surface area contributed by atoms with Crippen molar-refractivity contribution < 1.29 is 12.0 Å². The Kier molecular flexibility index (Phi) is 5.27. The quantitative estimate of drug-likeness (QED) is 0.591. The van der Waals surface area contributed by atoms with Crippen molar-refractivity contribution in [2.45, 2.75) is 26.3 Å². The number of hydrogen-bond acceptors (Lipinski definition) is 5. The van der Waals surface area contributed by atoms with E-state index in [9.17, 15) is 9.18 Å². The van der Waals surface area contributed by atoms with E-state index in [4.69, 9.17) is 11.6 Å². The fraction of sp³-hybridized carbons (Fsp3) is 0.333. The number of aromatic nitrogens is 4. The van der Waals surface area contributed by atoms with Crippen LogP contribution in [0.25, 0.3) is 22.4 Å². The Morgan fingerprint density at radius 1 is 1.37 bits per heavy atom. The number of halogens is 2. The molecular weight excluding hydrogens is 371 g/mol. The fourth-order valence-electron chi connectivity index (χ4n) is 2.60. The smallest absolute Gasteiger partial charge is 0.245 e. The number of rotatable bonds is 6. The van der Waals surface area contributed by atoms with Crippen LogP contribution in [0.3, 0.4) is 0 Å². The number of carbonyl (C=O) groups is 1. The molecule has 1 amide bonds. The Morgan fingerprint density at radius 3 is 2.89 bits per heavy atom. The van der Waals surface area contributed by atoms with E-state index < -0.39 is 12.2 Å². The summed E-state index contributed by atoms with van der Waals surface area (Å²) in [6.07, 6.45) is 5.00. The first-order valence-corrected chi connectivity index (χ1v) is 8.78. The van der Waals surface area contributed by atoms with Gasteiger partial charge in [-0.15, -0.1) is 0 Å². The van der Waals surface area contributed by atoms with Crippen LogP contribution in [0.4, 0.5) is 10.2 Å². The molecule has 7 nitrogen and oxygen atoms in total. The number of hydrogen-bond donors (Lipinski definition) is 3. The Morgan fingerprint density at radius 2 is 2.15 bits per heavy atom. The molecule has 27 heavy (non-hydrogen) atoms. The number of aryl methyl sites for hydroxylation is 1. The zero-order chi connectivity index (χ0) is 19.6. The summed E-state index contributed by atoms with van der Waals surface area (Å²) in [6.45, 7) is 4.61. The summed E-state index contributed by atoms with van der Waals surface area (Å²) in [6, 6.07) is 1.79. The van der Waals surface area contributed by atoms with Gasteiger partial charge in [0.05, 0.1) is 5.02 Å². The van der Waals surface area contributed by atoms with Gasteiger partial charge in [0, 0.05) is 44.5 Å². The zero-order valence-corrected chi connectivity index (χ0v) is 16.0. The van der Waals surface area contributed by atoms with Crippen LogP contribution >= 0.6 is 11.6 Å². The van der Waals surface area contributed by atoms with Gasteiger partial charge in [-0.1, -0.05) is 11.6 Å². The predicted molar refractivity (Wildman–Crippen MR) is 108 cm³/mol. The lowest BCUT2D eigenvalue weighted by Crippen LogP contribution is -2.48. The molecule has 3 heterocycles. The van der Waals surface area contributed by atoms with Gasteiger partial charge in [0.15, 0.2) is 5.82 Å². The van der Waals surface area contributed by atoms with Gasteiger partial charge in [0.25, 0.3) is 0 Å². The van der Waals surface area contributed by atoms with Crippen LogP contribution in [0.2, 0.25) is 5.02 Å². The molecule has 0 bridgehead atoms. The summed E-state index contributed by atoms with van der Waals surface area (Å²) < 4.78 is 12.3. The van der Waals surface area contributed by atoms with E-state index in [0.717, 1.165) is 16.5 Å². The molecule has 0 unspecified atom stereocenters. The maximum Gasteiger partial charge on any atom is 0.245 e. The topological polar surface area (TPSA) is 95.6 Å². The summed E-state index contributed by atoms with van der Waals surface area (Å²) in [7, 11) is 0. The lowest BCUT2D eigenvalue weighted by Gasteiger charge is -2.26. The van der Waals surface area contributed by atoms with E-state index in [0.29, 0.717) is 22.3 Å². The number of carbonyl (C=O) groups excluding carboxylic acids is 1. The second-order valence-electron chi connectivity index (χ2n) is 6.67. The lowest BCUT2D eigenvalue weighted by molar-refractivity contribution is -0.124. The van der Waals surface area contributed by atoms with Crippen LogP contribution in [0.1, 0.15) is 22.3 Å². The van der Waals surface area contributed by atoms with Gasteiger partial charge in [0.1, 0.15) is 23.7 Å². The molecule has 3 rings (SSSR count). The minimum Gasteiger partial charge on any atom is -0.356 e. The maximum absolute atomic E-state index is 12.3. The van der Waals surface area contributed by atoms with Crippen molar-refractivity contribution in [1.29, 1.82) is 0 Å². The van der Waals surface area contributed by atoms with Crippen LogP contribution in [-0.2, 0) is 4.79 Å². The molecule has 3 aromatic rings. The highest BCUT2D eigenvalue weighted by Gasteiger charge is 2.28. The minimum atomic E-state index is -0.976. The van der Waals surface area contributed by atoms with E-state index in [2.05, 4.69) is 30.6 Å². The number of nitrogens with zero attached hydrogens (tertiary/aromatic N) is 3. The van der Waals surface area contributed by atoms with E-state index >= 15 is 0 Å². The van der Waals surface area contributed by atoms with Crippen LogP contribution in [0, 0.1) is 6.92 Å². The summed E-state index contributed by atoms with van der Waals surface area (Å²) in [5.41, 5.74) is 1.24. The van der Waals surface area contributed by atoms with Crippen molar-refractivity contribution >= 4 is 34.4 Å². The van der Waals surface area contributed by atoms with Gasteiger partial charge in [-0.2, -0.15) is 0 Å². The number of nitrogens with one attached hydrogen (secondary N) is 3. The normalized spacial score (nSPS) is 11.6. The van der Waals surface area contributed by atoms with Gasteiger partial charge >= 0.3 is 0 Å². The van der Waals surface area contributed by atoms with Gasteiger partial charge in [-0.05, 0) is 26.8 Å². The Hall–Kier alpha value is -2.74. The second kappa shape index (κ2) is 7.48. The van der Waals surface area contributed by atoms with Crippen LogP contribution in [-0.4, -0.2) is 44.6 Å². The van der Waals surface area contributed by atoms with Crippen LogP contribution < -0.4 is 10.6 Å². The van der Waals surface area contributed by atoms with E-state index in [1.54, 1.807) is 38.5 Å². The van der Waals surface area contributed by atoms with Crippen molar-refractivity contribution in [1.82, 2.24) is 25.3 Å². The molecule has 0 radical (unpaired) electrons. The van der Waals surface area contributed by atoms with Crippen molar-refractivity contribution in [2.24, 2.45) is 0 Å². The molecule has 3 N–H and O–H groups in total. The first kappa shape index (κ1) is 19.0. The molecule has 9 heteroatoms. The van der Waals surface area contributed by atoms with Crippen molar-refractivity contribution in [3.63, 3.8) is 0 Å². The molecule has 0 aliphatic rings. The molecule has 0 aliphatic carbocycles. The average Bonchev–Trinajstić information content (AvgIpc) is 3.04. The standard InChI is InChI=1S/C18H20ClFN6O.2H2/c1-10-7-22-16(13-9-24-15-12(13)6-11(19)8-23-15)25-14(10)26-18(2,3)17(27)21-5-4-20;;/h6-9H,4-5H2,1-3H3,(H,21,27)(H,23,24)(H,22,25,26);2*1H. The highest BCUT2D eigenvalue weighted by atomic mass is 35.5. The van der Waals surface area contributed by atoms with Crippen molar-refractivity contribution in [3.05, 3.63) is 35.2 Å². The number of pyridine rings is 1. The minimum absolute atomic E-state index is 0. The Balaban J connectivity index is 0.00000210. The molecular formula is C18H24ClFN6O. The molecule has 0 fully saturated rings. The summed E-state index contributed by atoms with van der Waals surface area (Å²) in [5.74, 6) is 0.672. The predicted octanol–water partition coefficient (Wildman–Crippen LogP) is 3.75. The number of H-pyrrole nitrogens is 1.